The highest BCUT2D eigenvalue weighted by Crippen LogP contribution is 2.31. The Balaban J connectivity index is 2.09. The Morgan fingerprint density at radius 3 is 2.39 bits per heavy atom. The van der Waals surface area contributed by atoms with Crippen LogP contribution in [-0.2, 0) is 6.42 Å². The molecule has 98 valence electrons. The third-order valence-corrected chi connectivity index (χ3v) is 5.21. The third kappa shape index (κ3) is 3.97. The molecule has 18 heavy (non-hydrogen) atoms. The van der Waals surface area contributed by atoms with Gasteiger partial charge in [0.25, 0.3) is 0 Å². The lowest BCUT2D eigenvalue weighted by molar-refractivity contribution is 0.539. The van der Waals surface area contributed by atoms with Crippen LogP contribution in [0.4, 0.5) is 0 Å². The van der Waals surface area contributed by atoms with Gasteiger partial charge < -0.3 is 5.32 Å². The molecule has 1 unspecified atom stereocenters. The average Bonchev–Trinajstić information content (AvgIpc) is 2.93. The SMILES string of the molecule is CCCNC(Cc1ccc(Cl)s1)c1ccc(Cl)s1. The van der Waals surface area contributed by atoms with E-state index in [1.54, 1.807) is 22.7 Å². The highest BCUT2D eigenvalue weighted by Gasteiger charge is 2.14. The maximum atomic E-state index is 6.02. The summed E-state index contributed by atoms with van der Waals surface area (Å²) in [7, 11) is 0. The van der Waals surface area contributed by atoms with Gasteiger partial charge in [0.05, 0.1) is 8.67 Å². The van der Waals surface area contributed by atoms with Crippen molar-refractivity contribution in [3.63, 3.8) is 0 Å². The van der Waals surface area contributed by atoms with Crippen molar-refractivity contribution in [3.8, 4) is 0 Å². The van der Waals surface area contributed by atoms with Crippen molar-refractivity contribution in [2.45, 2.75) is 25.8 Å². The maximum absolute atomic E-state index is 6.02. The van der Waals surface area contributed by atoms with Crippen molar-refractivity contribution in [3.05, 3.63) is 42.7 Å². The van der Waals surface area contributed by atoms with Crippen molar-refractivity contribution in [1.29, 1.82) is 0 Å². The van der Waals surface area contributed by atoms with Gasteiger partial charge in [-0.15, -0.1) is 22.7 Å². The number of rotatable bonds is 6. The minimum absolute atomic E-state index is 0.331. The summed E-state index contributed by atoms with van der Waals surface area (Å²) in [5.41, 5.74) is 0. The summed E-state index contributed by atoms with van der Waals surface area (Å²) in [5.74, 6) is 0. The number of nitrogens with one attached hydrogen (secondary N) is 1. The number of hydrogen-bond acceptors (Lipinski definition) is 3. The minimum atomic E-state index is 0.331. The number of halogens is 2. The van der Waals surface area contributed by atoms with Gasteiger partial charge in [-0.1, -0.05) is 30.1 Å². The molecule has 1 N–H and O–H groups in total. The highest BCUT2D eigenvalue weighted by molar-refractivity contribution is 7.16. The molecular weight excluding hydrogens is 305 g/mol. The molecule has 0 aliphatic heterocycles. The first-order valence-electron chi connectivity index (χ1n) is 5.92. The maximum Gasteiger partial charge on any atom is 0.0931 e. The van der Waals surface area contributed by atoms with Crippen LogP contribution < -0.4 is 5.32 Å². The molecule has 2 aromatic heterocycles. The lowest BCUT2D eigenvalue weighted by Gasteiger charge is -2.16. The van der Waals surface area contributed by atoms with Gasteiger partial charge in [-0.2, -0.15) is 0 Å². The standard InChI is InChI=1S/C13H15Cl2NS2/c1-2-7-16-10(11-4-6-13(15)18-11)8-9-3-5-12(14)17-9/h3-6,10,16H,2,7-8H2,1H3. The van der Waals surface area contributed by atoms with E-state index < -0.39 is 0 Å². The second kappa shape index (κ2) is 6.92. The summed E-state index contributed by atoms with van der Waals surface area (Å²) in [4.78, 5) is 2.59. The summed E-state index contributed by atoms with van der Waals surface area (Å²) in [6.45, 7) is 3.19. The molecule has 0 radical (unpaired) electrons. The van der Waals surface area contributed by atoms with E-state index >= 15 is 0 Å². The first kappa shape index (κ1) is 14.4. The molecular formula is C13H15Cl2NS2. The largest absolute Gasteiger partial charge is 0.309 e. The van der Waals surface area contributed by atoms with E-state index in [2.05, 4.69) is 24.4 Å². The van der Waals surface area contributed by atoms with Gasteiger partial charge in [0.1, 0.15) is 0 Å². The van der Waals surface area contributed by atoms with Crippen molar-refractivity contribution >= 4 is 45.9 Å². The molecule has 0 bridgehead atoms. The summed E-state index contributed by atoms with van der Waals surface area (Å²) in [5, 5.41) is 3.57. The van der Waals surface area contributed by atoms with Gasteiger partial charge in [0, 0.05) is 22.2 Å². The number of thiophene rings is 2. The van der Waals surface area contributed by atoms with Gasteiger partial charge in [-0.05, 0) is 37.2 Å². The summed E-state index contributed by atoms with van der Waals surface area (Å²) in [6, 6.07) is 8.46. The average molecular weight is 320 g/mol. The van der Waals surface area contributed by atoms with E-state index in [1.807, 2.05) is 12.1 Å². The molecule has 0 aliphatic rings. The molecule has 0 fully saturated rings. The van der Waals surface area contributed by atoms with Crippen molar-refractivity contribution in [1.82, 2.24) is 5.32 Å². The molecule has 0 saturated carbocycles. The number of hydrogen-bond donors (Lipinski definition) is 1. The molecule has 1 nitrogen and oxygen atoms in total. The van der Waals surface area contributed by atoms with Crippen LogP contribution in [0.25, 0.3) is 0 Å². The Labute approximate surface area is 126 Å². The van der Waals surface area contributed by atoms with Crippen LogP contribution in [0.1, 0.15) is 29.1 Å². The van der Waals surface area contributed by atoms with Gasteiger partial charge >= 0.3 is 0 Å². The van der Waals surface area contributed by atoms with Crippen LogP contribution in [0.15, 0.2) is 24.3 Å². The van der Waals surface area contributed by atoms with E-state index in [9.17, 15) is 0 Å². The van der Waals surface area contributed by atoms with Crippen LogP contribution >= 0.6 is 45.9 Å². The first-order chi connectivity index (χ1) is 8.69. The Kier molecular flexibility index (Phi) is 5.52. The summed E-state index contributed by atoms with van der Waals surface area (Å²) in [6.07, 6.45) is 2.09. The molecule has 2 heterocycles. The van der Waals surface area contributed by atoms with Gasteiger partial charge in [0.15, 0.2) is 0 Å². The highest BCUT2D eigenvalue weighted by atomic mass is 35.5. The monoisotopic (exact) mass is 319 g/mol. The van der Waals surface area contributed by atoms with Crippen LogP contribution in [0.5, 0.6) is 0 Å². The van der Waals surface area contributed by atoms with E-state index in [1.165, 1.54) is 9.75 Å². The van der Waals surface area contributed by atoms with Gasteiger partial charge in [0.2, 0.25) is 0 Å². The Bertz CT molecular complexity index is 493. The van der Waals surface area contributed by atoms with Gasteiger partial charge in [-0.25, -0.2) is 0 Å². The van der Waals surface area contributed by atoms with Crippen molar-refractivity contribution in [2.24, 2.45) is 0 Å². The predicted octanol–water partition coefficient (Wildman–Crippen LogP) is 5.40. The van der Waals surface area contributed by atoms with Crippen LogP contribution in [0.3, 0.4) is 0 Å². The van der Waals surface area contributed by atoms with E-state index in [0.29, 0.717) is 6.04 Å². The zero-order valence-electron chi connectivity index (χ0n) is 10.1. The predicted molar refractivity (Wildman–Crippen MR) is 83.4 cm³/mol. The van der Waals surface area contributed by atoms with Crippen molar-refractivity contribution < 1.29 is 0 Å². The van der Waals surface area contributed by atoms with Crippen LogP contribution in [0, 0.1) is 0 Å². The fourth-order valence-electron chi connectivity index (χ4n) is 1.77. The minimum Gasteiger partial charge on any atom is -0.309 e. The first-order valence-corrected chi connectivity index (χ1v) is 8.30. The Morgan fingerprint density at radius 2 is 1.83 bits per heavy atom. The second-order valence-corrected chi connectivity index (χ2v) is 7.60. The molecule has 0 spiro atoms. The molecule has 0 saturated heterocycles. The topological polar surface area (TPSA) is 12.0 Å². The lowest BCUT2D eigenvalue weighted by atomic mass is 10.1. The molecule has 0 amide bonds. The normalized spacial score (nSPS) is 12.8. The zero-order chi connectivity index (χ0) is 13.0. The Hall–Kier alpha value is -0.0600. The summed E-state index contributed by atoms with van der Waals surface area (Å²) >= 11 is 15.3. The summed E-state index contributed by atoms with van der Waals surface area (Å²) < 4.78 is 1.70. The smallest absolute Gasteiger partial charge is 0.0931 e. The lowest BCUT2D eigenvalue weighted by Crippen LogP contribution is -2.22. The van der Waals surface area contributed by atoms with E-state index in [4.69, 9.17) is 23.2 Å². The molecule has 2 aromatic rings. The molecule has 0 aliphatic carbocycles. The Morgan fingerprint density at radius 1 is 1.11 bits per heavy atom. The quantitative estimate of drug-likeness (QED) is 0.751. The fourth-order valence-corrected chi connectivity index (χ4v) is 4.04. The van der Waals surface area contributed by atoms with Crippen molar-refractivity contribution in [2.75, 3.05) is 6.54 Å². The van der Waals surface area contributed by atoms with E-state index in [-0.39, 0.29) is 0 Å². The molecule has 0 aromatic carbocycles. The van der Waals surface area contributed by atoms with Gasteiger partial charge in [-0.3, -0.25) is 0 Å². The molecule has 1 atom stereocenters. The zero-order valence-corrected chi connectivity index (χ0v) is 13.2. The third-order valence-electron chi connectivity index (χ3n) is 2.61. The molecule has 5 heteroatoms. The van der Waals surface area contributed by atoms with E-state index in [0.717, 1.165) is 28.1 Å². The van der Waals surface area contributed by atoms with Crippen LogP contribution in [-0.4, -0.2) is 6.54 Å². The fraction of sp³-hybridized carbons (Fsp3) is 0.385. The molecule has 2 rings (SSSR count). The van der Waals surface area contributed by atoms with Crippen LogP contribution in [0.2, 0.25) is 8.67 Å². The second-order valence-electron chi connectivity index (χ2n) is 4.06.